The highest BCUT2D eigenvalue weighted by Crippen LogP contribution is 2.19. The monoisotopic (exact) mass is 220 g/mol. The summed E-state index contributed by atoms with van der Waals surface area (Å²) in [6.07, 6.45) is 12.2. The molecule has 0 aromatic carbocycles. The van der Waals surface area contributed by atoms with Gasteiger partial charge in [0.2, 0.25) is 0 Å². The van der Waals surface area contributed by atoms with Crippen molar-refractivity contribution in [3.05, 3.63) is 11.6 Å². The summed E-state index contributed by atoms with van der Waals surface area (Å²) < 4.78 is 0. The number of rotatable bonds is 5. The molecular weight excluding hydrogens is 196 g/mol. The van der Waals surface area contributed by atoms with Crippen LogP contribution in [0.1, 0.15) is 64.7 Å². The molecule has 0 amide bonds. The van der Waals surface area contributed by atoms with Gasteiger partial charge in [-0.15, -0.1) is 5.92 Å². The lowest BCUT2D eigenvalue weighted by molar-refractivity contribution is 0.260. The zero-order valence-corrected chi connectivity index (χ0v) is 10.5. The van der Waals surface area contributed by atoms with Gasteiger partial charge >= 0.3 is 0 Å². The first-order valence-corrected chi connectivity index (χ1v) is 6.70. The second-order valence-electron chi connectivity index (χ2n) is 4.56. The predicted octanol–water partition coefficient (Wildman–Crippen LogP) is 3.82. The molecule has 0 aliphatic heterocycles. The van der Waals surface area contributed by atoms with Gasteiger partial charge in [0.25, 0.3) is 0 Å². The van der Waals surface area contributed by atoms with E-state index in [1.165, 1.54) is 38.5 Å². The number of allylic oxidation sites excluding steroid dienone is 1. The van der Waals surface area contributed by atoms with E-state index in [2.05, 4.69) is 24.8 Å². The van der Waals surface area contributed by atoms with E-state index in [0.29, 0.717) is 0 Å². The second-order valence-corrected chi connectivity index (χ2v) is 4.56. The second kappa shape index (κ2) is 8.42. The zero-order chi connectivity index (χ0) is 11.6. The van der Waals surface area contributed by atoms with Gasteiger partial charge in [-0.25, -0.2) is 0 Å². The van der Waals surface area contributed by atoms with Crippen molar-refractivity contribution >= 4 is 0 Å². The molecule has 1 heteroatoms. The first-order valence-electron chi connectivity index (χ1n) is 6.70. The van der Waals surface area contributed by atoms with Crippen molar-refractivity contribution in [3.8, 4) is 11.8 Å². The van der Waals surface area contributed by atoms with Crippen LogP contribution in [0.25, 0.3) is 0 Å². The Kier molecular flexibility index (Phi) is 7.01. The molecule has 1 N–H and O–H groups in total. The summed E-state index contributed by atoms with van der Waals surface area (Å²) in [4.78, 5) is 0. The van der Waals surface area contributed by atoms with Crippen LogP contribution in [0, 0.1) is 11.8 Å². The van der Waals surface area contributed by atoms with Crippen molar-refractivity contribution in [2.24, 2.45) is 0 Å². The van der Waals surface area contributed by atoms with E-state index in [0.717, 1.165) is 24.8 Å². The van der Waals surface area contributed by atoms with E-state index in [1.54, 1.807) is 0 Å². The molecule has 0 fully saturated rings. The van der Waals surface area contributed by atoms with Crippen LogP contribution in [-0.4, -0.2) is 11.2 Å². The number of hydrogen-bond acceptors (Lipinski definition) is 1. The predicted molar refractivity (Wildman–Crippen MR) is 69.1 cm³/mol. The maximum atomic E-state index is 9.83. The van der Waals surface area contributed by atoms with E-state index in [4.69, 9.17) is 0 Å². The molecule has 0 radical (unpaired) electrons. The first-order chi connectivity index (χ1) is 7.84. The molecule has 1 rings (SSSR count). The normalized spacial score (nSPS) is 17.2. The van der Waals surface area contributed by atoms with Crippen LogP contribution in [0.15, 0.2) is 11.6 Å². The molecule has 0 aromatic rings. The molecule has 16 heavy (non-hydrogen) atoms. The maximum absolute atomic E-state index is 9.83. The van der Waals surface area contributed by atoms with E-state index >= 15 is 0 Å². The van der Waals surface area contributed by atoms with E-state index in [1.807, 2.05) is 0 Å². The van der Waals surface area contributed by atoms with Gasteiger partial charge in [0.05, 0.1) is 0 Å². The Morgan fingerprint density at radius 3 is 2.88 bits per heavy atom. The molecule has 1 nitrogen and oxygen atoms in total. The summed E-state index contributed by atoms with van der Waals surface area (Å²) in [7, 11) is 0. The number of aliphatic hydroxyl groups is 1. The Hall–Kier alpha value is -0.740. The Morgan fingerprint density at radius 2 is 2.19 bits per heavy atom. The number of hydrogen-bond donors (Lipinski definition) is 1. The minimum atomic E-state index is -0.494. The molecular formula is C15H24O. The summed E-state index contributed by atoms with van der Waals surface area (Å²) in [5.41, 5.74) is 1.15. The van der Waals surface area contributed by atoms with Crippen molar-refractivity contribution in [2.45, 2.75) is 70.8 Å². The molecule has 0 spiro atoms. The SMILES string of the molecule is CCCCCCC#CC(O)C1=CCCCC1. The molecule has 1 aliphatic carbocycles. The summed E-state index contributed by atoms with van der Waals surface area (Å²) in [6, 6.07) is 0. The lowest BCUT2D eigenvalue weighted by Gasteiger charge is -2.13. The Labute approximate surface area is 99.9 Å². The maximum Gasteiger partial charge on any atom is 0.136 e. The average molecular weight is 220 g/mol. The Bertz CT molecular complexity index is 267. The van der Waals surface area contributed by atoms with Gasteiger partial charge in [0, 0.05) is 6.42 Å². The third kappa shape index (κ3) is 5.37. The molecule has 0 heterocycles. The van der Waals surface area contributed by atoms with Gasteiger partial charge in [-0.1, -0.05) is 38.2 Å². The average Bonchev–Trinajstić information content (AvgIpc) is 2.34. The molecule has 90 valence electrons. The van der Waals surface area contributed by atoms with Gasteiger partial charge in [0.1, 0.15) is 6.10 Å². The van der Waals surface area contributed by atoms with E-state index in [-0.39, 0.29) is 0 Å². The molecule has 0 saturated heterocycles. The smallest absolute Gasteiger partial charge is 0.136 e. The van der Waals surface area contributed by atoms with Crippen LogP contribution in [-0.2, 0) is 0 Å². The highest BCUT2D eigenvalue weighted by Gasteiger charge is 2.09. The van der Waals surface area contributed by atoms with Crippen LogP contribution < -0.4 is 0 Å². The number of aliphatic hydroxyl groups excluding tert-OH is 1. The van der Waals surface area contributed by atoms with Gasteiger partial charge < -0.3 is 5.11 Å². The minimum Gasteiger partial charge on any atom is -0.376 e. The van der Waals surface area contributed by atoms with E-state index in [9.17, 15) is 5.11 Å². The van der Waals surface area contributed by atoms with Crippen LogP contribution in [0.3, 0.4) is 0 Å². The third-order valence-corrected chi connectivity index (χ3v) is 3.07. The van der Waals surface area contributed by atoms with Crippen molar-refractivity contribution in [1.29, 1.82) is 0 Å². The lowest BCUT2D eigenvalue weighted by Crippen LogP contribution is -2.09. The topological polar surface area (TPSA) is 20.2 Å². The molecule has 0 aromatic heterocycles. The largest absolute Gasteiger partial charge is 0.376 e. The molecule has 1 unspecified atom stereocenters. The summed E-state index contributed by atoms with van der Waals surface area (Å²) >= 11 is 0. The van der Waals surface area contributed by atoms with Crippen LogP contribution >= 0.6 is 0 Å². The fourth-order valence-corrected chi connectivity index (χ4v) is 2.01. The standard InChI is InChI=1S/C15H24O/c1-2-3-4-5-6-10-13-15(16)14-11-8-7-9-12-14/h11,15-16H,2-9,12H2,1H3. The number of unbranched alkanes of at least 4 members (excludes halogenated alkanes) is 4. The van der Waals surface area contributed by atoms with Crippen molar-refractivity contribution in [3.63, 3.8) is 0 Å². The quantitative estimate of drug-likeness (QED) is 0.424. The lowest BCUT2D eigenvalue weighted by atomic mass is 9.95. The summed E-state index contributed by atoms with van der Waals surface area (Å²) in [5, 5.41) is 9.83. The zero-order valence-electron chi connectivity index (χ0n) is 10.5. The van der Waals surface area contributed by atoms with Crippen LogP contribution in [0.5, 0.6) is 0 Å². The van der Waals surface area contributed by atoms with Crippen LogP contribution in [0.4, 0.5) is 0 Å². The third-order valence-electron chi connectivity index (χ3n) is 3.07. The van der Waals surface area contributed by atoms with Gasteiger partial charge in [0.15, 0.2) is 0 Å². The summed E-state index contributed by atoms with van der Waals surface area (Å²) in [5.74, 6) is 6.07. The van der Waals surface area contributed by atoms with Crippen LogP contribution in [0.2, 0.25) is 0 Å². The summed E-state index contributed by atoms with van der Waals surface area (Å²) in [6.45, 7) is 2.21. The molecule has 0 saturated carbocycles. The Morgan fingerprint density at radius 1 is 1.31 bits per heavy atom. The molecule has 1 aliphatic rings. The molecule has 1 atom stereocenters. The van der Waals surface area contributed by atoms with E-state index < -0.39 is 6.10 Å². The first kappa shape index (κ1) is 13.3. The fourth-order valence-electron chi connectivity index (χ4n) is 2.01. The van der Waals surface area contributed by atoms with Crippen molar-refractivity contribution < 1.29 is 5.11 Å². The Balaban J connectivity index is 2.19. The van der Waals surface area contributed by atoms with Gasteiger partial charge in [-0.2, -0.15) is 0 Å². The highest BCUT2D eigenvalue weighted by molar-refractivity contribution is 5.22. The highest BCUT2D eigenvalue weighted by atomic mass is 16.3. The van der Waals surface area contributed by atoms with Gasteiger partial charge in [-0.3, -0.25) is 0 Å². The van der Waals surface area contributed by atoms with Crippen molar-refractivity contribution in [1.82, 2.24) is 0 Å². The van der Waals surface area contributed by atoms with Gasteiger partial charge in [-0.05, 0) is 37.7 Å². The fraction of sp³-hybridized carbons (Fsp3) is 0.733. The minimum absolute atomic E-state index is 0.494. The van der Waals surface area contributed by atoms with Crippen molar-refractivity contribution in [2.75, 3.05) is 0 Å². The molecule has 0 bridgehead atoms.